The van der Waals surface area contributed by atoms with Crippen LogP contribution in [-0.4, -0.2) is 46.4 Å². The normalized spacial score (nSPS) is 15.4. The predicted molar refractivity (Wildman–Crippen MR) is 129 cm³/mol. The molecule has 0 bridgehead atoms. The maximum absolute atomic E-state index is 13.2. The maximum atomic E-state index is 13.2. The van der Waals surface area contributed by atoms with Crippen molar-refractivity contribution in [3.05, 3.63) is 76.9 Å². The van der Waals surface area contributed by atoms with Gasteiger partial charge in [0.1, 0.15) is 16.1 Å². The average Bonchev–Trinajstić information content (AvgIpc) is 3.32. The molecule has 0 spiro atoms. The molecule has 0 radical (unpaired) electrons. The van der Waals surface area contributed by atoms with Crippen LogP contribution in [0.25, 0.3) is 21.3 Å². The summed E-state index contributed by atoms with van der Waals surface area (Å²) in [5, 5.41) is 2.34. The highest BCUT2D eigenvalue weighted by atomic mass is 32.2. The van der Waals surface area contributed by atoms with E-state index in [4.69, 9.17) is 0 Å². The van der Waals surface area contributed by atoms with Gasteiger partial charge in [0.05, 0.1) is 5.39 Å². The second-order valence-corrected chi connectivity index (χ2v) is 10.8. The first-order valence-corrected chi connectivity index (χ1v) is 13.0. The Labute approximate surface area is 199 Å². The molecule has 1 N–H and O–H groups in total. The van der Waals surface area contributed by atoms with Crippen LogP contribution in [0.3, 0.4) is 0 Å². The number of aromatic nitrogens is 3. The number of sulfonamides is 1. The Bertz CT molecular complexity index is 1490. The first-order chi connectivity index (χ1) is 16.4. The number of amides is 1. The molecule has 0 aliphatic carbocycles. The molecule has 1 aliphatic rings. The van der Waals surface area contributed by atoms with Crippen LogP contribution in [0.2, 0.25) is 0 Å². The van der Waals surface area contributed by atoms with Crippen LogP contribution >= 0.6 is 11.3 Å². The zero-order valence-electron chi connectivity index (χ0n) is 18.0. The number of hydrogen-bond acceptors (Lipinski definition) is 7. The van der Waals surface area contributed by atoms with Crippen molar-refractivity contribution in [1.82, 2.24) is 18.9 Å². The molecule has 9 nitrogen and oxygen atoms in total. The predicted octanol–water partition coefficient (Wildman–Crippen LogP) is 2.69. The zero-order chi connectivity index (χ0) is 23.7. The zero-order valence-corrected chi connectivity index (χ0v) is 19.6. The molecule has 3 aromatic heterocycles. The lowest BCUT2D eigenvalue weighted by molar-refractivity contribution is -0.121. The summed E-state index contributed by atoms with van der Waals surface area (Å²) in [5.41, 5.74) is 3.98. The standard InChI is InChI=1S/C23H21N5O4S2/c29-21(17-8-11-27(12-9-17)34(31,32)18-7-4-10-24-13-18)26-28-15-25-22-20(23(28)30)19(14-33-22)16-5-2-1-3-6-16/h1-7,10,13-15,17H,8-9,11-12H2,(H,26,29). The molecule has 0 saturated carbocycles. The molecule has 0 atom stereocenters. The first-order valence-electron chi connectivity index (χ1n) is 10.7. The Balaban J connectivity index is 1.31. The third-order valence-corrected chi connectivity index (χ3v) is 8.68. The number of nitrogens with one attached hydrogen (secondary N) is 1. The van der Waals surface area contributed by atoms with E-state index >= 15 is 0 Å². The van der Waals surface area contributed by atoms with E-state index in [0.29, 0.717) is 23.1 Å². The van der Waals surface area contributed by atoms with E-state index in [9.17, 15) is 18.0 Å². The smallest absolute Gasteiger partial charge is 0.273 e. The molecule has 1 aromatic carbocycles. The molecule has 4 aromatic rings. The number of carbonyl (C=O) groups is 1. The van der Waals surface area contributed by atoms with Crippen molar-refractivity contribution < 1.29 is 13.2 Å². The summed E-state index contributed by atoms with van der Waals surface area (Å²) >= 11 is 1.38. The van der Waals surface area contributed by atoms with Crippen LogP contribution < -0.4 is 11.0 Å². The Morgan fingerprint density at radius 2 is 1.85 bits per heavy atom. The SMILES string of the molecule is O=C(Nn1cnc2scc(-c3ccccc3)c2c1=O)C1CCN(S(=O)(=O)c2cccnc2)CC1. The largest absolute Gasteiger partial charge is 0.281 e. The van der Waals surface area contributed by atoms with Crippen LogP contribution in [0.15, 0.2) is 76.3 Å². The highest BCUT2D eigenvalue weighted by Gasteiger charge is 2.32. The summed E-state index contributed by atoms with van der Waals surface area (Å²) in [6.45, 7) is 0.425. The second-order valence-electron chi connectivity index (χ2n) is 7.96. The van der Waals surface area contributed by atoms with Gasteiger partial charge in [-0.15, -0.1) is 11.3 Å². The molecule has 1 aliphatic heterocycles. The van der Waals surface area contributed by atoms with Gasteiger partial charge in [0.2, 0.25) is 15.9 Å². The Morgan fingerprint density at radius 3 is 2.56 bits per heavy atom. The molecule has 0 unspecified atom stereocenters. The number of rotatable bonds is 5. The third kappa shape index (κ3) is 4.13. The van der Waals surface area contributed by atoms with Gasteiger partial charge in [-0.05, 0) is 30.5 Å². The van der Waals surface area contributed by atoms with Crippen molar-refractivity contribution in [2.45, 2.75) is 17.7 Å². The quantitative estimate of drug-likeness (QED) is 0.455. The number of hydrogen-bond donors (Lipinski definition) is 1. The fourth-order valence-corrected chi connectivity index (χ4v) is 6.40. The molecule has 34 heavy (non-hydrogen) atoms. The van der Waals surface area contributed by atoms with Gasteiger partial charge in [0.15, 0.2) is 0 Å². The number of piperidine rings is 1. The van der Waals surface area contributed by atoms with Crippen molar-refractivity contribution in [2.24, 2.45) is 5.92 Å². The second kappa shape index (κ2) is 9.09. The minimum absolute atomic E-state index is 0.133. The van der Waals surface area contributed by atoms with E-state index in [2.05, 4.69) is 15.4 Å². The molecule has 1 amide bonds. The molecular weight excluding hydrogens is 474 g/mol. The third-order valence-electron chi connectivity index (χ3n) is 5.91. The lowest BCUT2D eigenvalue weighted by Gasteiger charge is -2.30. The van der Waals surface area contributed by atoms with Crippen LogP contribution in [-0.2, 0) is 14.8 Å². The van der Waals surface area contributed by atoms with E-state index in [1.807, 2.05) is 35.7 Å². The van der Waals surface area contributed by atoms with Crippen LogP contribution in [0, 0.1) is 5.92 Å². The first kappa shape index (κ1) is 22.4. The van der Waals surface area contributed by atoms with E-state index in [1.165, 1.54) is 40.4 Å². The van der Waals surface area contributed by atoms with Crippen molar-refractivity contribution in [3.8, 4) is 11.1 Å². The van der Waals surface area contributed by atoms with Crippen molar-refractivity contribution in [1.29, 1.82) is 0 Å². The minimum Gasteiger partial charge on any atom is -0.273 e. The Hall–Kier alpha value is -3.41. The van der Waals surface area contributed by atoms with Crippen molar-refractivity contribution in [3.63, 3.8) is 0 Å². The maximum Gasteiger partial charge on any atom is 0.281 e. The fourth-order valence-electron chi connectivity index (χ4n) is 4.06. The summed E-state index contributed by atoms with van der Waals surface area (Å²) in [6.07, 6.45) is 4.85. The molecular formula is C23H21N5O4S2. The number of nitrogens with zero attached hydrogens (tertiary/aromatic N) is 4. The van der Waals surface area contributed by atoms with Gasteiger partial charge >= 0.3 is 0 Å². The van der Waals surface area contributed by atoms with Crippen molar-refractivity contribution >= 4 is 37.5 Å². The van der Waals surface area contributed by atoms with Gasteiger partial charge in [0, 0.05) is 42.3 Å². The molecule has 174 valence electrons. The van der Waals surface area contributed by atoms with Gasteiger partial charge in [-0.2, -0.15) is 4.31 Å². The molecule has 5 rings (SSSR count). The summed E-state index contributed by atoms with van der Waals surface area (Å²) < 4.78 is 28.0. The van der Waals surface area contributed by atoms with Crippen molar-refractivity contribution in [2.75, 3.05) is 18.5 Å². The number of thiophene rings is 1. The van der Waals surface area contributed by atoms with Crippen LogP contribution in [0.4, 0.5) is 0 Å². The number of pyridine rings is 1. The Kier molecular flexibility index (Phi) is 5.98. The lowest BCUT2D eigenvalue weighted by Crippen LogP contribution is -2.43. The number of benzene rings is 1. The molecule has 1 fully saturated rings. The van der Waals surface area contributed by atoms with Crippen LogP contribution in [0.5, 0.6) is 0 Å². The van der Waals surface area contributed by atoms with Crippen LogP contribution in [0.1, 0.15) is 12.8 Å². The minimum atomic E-state index is -3.65. The van der Waals surface area contributed by atoms with Gasteiger partial charge in [0.25, 0.3) is 5.56 Å². The fraction of sp³-hybridized carbons (Fsp3) is 0.217. The monoisotopic (exact) mass is 495 g/mol. The Morgan fingerprint density at radius 1 is 1.09 bits per heavy atom. The molecule has 4 heterocycles. The average molecular weight is 496 g/mol. The van der Waals surface area contributed by atoms with E-state index in [-0.39, 0.29) is 29.5 Å². The van der Waals surface area contributed by atoms with E-state index in [1.54, 1.807) is 6.07 Å². The summed E-state index contributed by atoms with van der Waals surface area (Å²) in [6, 6.07) is 12.6. The van der Waals surface area contributed by atoms with E-state index < -0.39 is 15.9 Å². The summed E-state index contributed by atoms with van der Waals surface area (Å²) in [7, 11) is -3.65. The van der Waals surface area contributed by atoms with Gasteiger partial charge < -0.3 is 0 Å². The highest BCUT2D eigenvalue weighted by Crippen LogP contribution is 2.30. The number of fused-ring (bicyclic) bond motifs is 1. The summed E-state index contributed by atoms with van der Waals surface area (Å²) in [5.74, 6) is -0.753. The van der Waals surface area contributed by atoms with Gasteiger partial charge in [-0.1, -0.05) is 30.3 Å². The topological polar surface area (TPSA) is 114 Å². The molecule has 11 heteroatoms. The van der Waals surface area contributed by atoms with Gasteiger partial charge in [-0.3, -0.25) is 20.0 Å². The lowest BCUT2D eigenvalue weighted by atomic mass is 9.98. The van der Waals surface area contributed by atoms with E-state index in [0.717, 1.165) is 15.8 Å². The molecule has 1 saturated heterocycles. The number of carbonyl (C=O) groups excluding carboxylic acids is 1. The highest BCUT2D eigenvalue weighted by molar-refractivity contribution is 7.89. The van der Waals surface area contributed by atoms with Gasteiger partial charge in [-0.25, -0.2) is 18.1 Å². The summed E-state index contributed by atoms with van der Waals surface area (Å²) in [4.78, 5) is 35.0.